The van der Waals surface area contributed by atoms with Crippen LogP contribution in [0.1, 0.15) is 31.7 Å². The molecular weight excluding hydrogens is 290 g/mol. The monoisotopic (exact) mass is 311 g/mol. The van der Waals surface area contributed by atoms with Crippen LogP contribution >= 0.6 is 0 Å². The summed E-state index contributed by atoms with van der Waals surface area (Å²) in [6, 6.07) is 6.56. The molecule has 0 saturated carbocycles. The van der Waals surface area contributed by atoms with E-state index in [1.54, 1.807) is 24.3 Å². The molecule has 0 aromatic heterocycles. The number of rotatable bonds is 4. The van der Waals surface area contributed by atoms with Gasteiger partial charge in [-0.1, -0.05) is 24.1 Å². The zero-order valence-electron chi connectivity index (χ0n) is 12.4. The molecule has 1 aromatic carbocycles. The first-order chi connectivity index (χ1) is 9.91. The third-order valence-electron chi connectivity index (χ3n) is 3.68. The Morgan fingerprint density at radius 3 is 2.57 bits per heavy atom. The van der Waals surface area contributed by atoms with Crippen LogP contribution in [0.2, 0.25) is 0 Å². The highest BCUT2D eigenvalue weighted by Crippen LogP contribution is 2.25. The van der Waals surface area contributed by atoms with Crippen molar-refractivity contribution in [1.29, 1.82) is 0 Å². The molecule has 21 heavy (non-hydrogen) atoms. The van der Waals surface area contributed by atoms with Crippen LogP contribution < -0.4 is 0 Å². The Bertz CT molecular complexity index is 595. The summed E-state index contributed by atoms with van der Waals surface area (Å²) in [5, 5.41) is 0. The first-order valence-electron chi connectivity index (χ1n) is 7.13. The van der Waals surface area contributed by atoms with Gasteiger partial charge in [0.1, 0.15) is 6.61 Å². The maximum Gasteiger partial charge on any atom is 0.302 e. The van der Waals surface area contributed by atoms with Gasteiger partial charge >= 0.3 is 5.97 Å². The molecule has 2 rings (SSSR count). The summed E-state index contributed by atoms with van der Waals surface area (Å²) in [7, 11) is -3.53. The Hall–Kier alpha value is -1.40. The predicted molar refractivity (Wildman–Crippen MR) is 79.3 cm³/mol. The molecule has 0 unspecified atom stereocenters. The van der Waals surface area contributed by atoms with E-state index in [9.17, 15) is 13.2 Å². The number of hydrogen-bond donors (Lipinski definition) is 0. The number of sulfonamides is 1. The average Bonchev–Trinajstić information content (AvgIpc) is 2.46. The Balaban J connectivity index is 2.22. The molecule has 0 amide bonds. The molecule has 1 atom stereocenters. The van der Waals surface area contributed by atoms with Crippen LogP contribution in [0.5, 0.6) is 0 Å². The number of carbonyl (C=O) groups excluding carboxylic acids is 1. The summed E-state index contributed by atoms with van der Waals surface area (Å²) >= 11 is 0. The van der Waals surface area contributed by atoms with E-state index >= 15 is 0 Å². The molecule has 0 aliphatic carbocycles. The normalized spacial score (nSPS) is 20.2. The molecule has 1 aromatic rings. The molecule has 0 radical (unpaired) electrons. The minimum absolute atomic E-state index is 0.125. The number of esters is 1. The van der Waals surface area contributed by atoms with Gasteiger partial charge in [-0.3, -0.25) is 4.79 Å². The highest BCUT2D eigenvalue weighted by Gasteiger charge is 2.33. The van der Waals surface area contributed by atoms with Gasteiger partial charge in [-0.05, 0) is 31.9 Å². The molecule has 1 aliphatic heterocycles. The Kier molecular flexibility index (Phi) is 5.00. The molecule has 0 spiro atoms. The fraction of sp³-hybridized carbons (Fsp3) is 0.533. The van der Waals surface area contributed by atoms with E-state index in [0.29, 0.717) is 11.4 Å². The fourth-order valence-electron chi connectivity index (χ4n) is 2.52. The minimum atomic E-state index is -3.53. The molecular formula is C15H21NO4S. The van der Waals surface area contributed by atoms with Crippen LogP contribution in [-0.2, 0) is 19.6 Å². The molecule has 6 heteroatoms. The van der Waals surface area contributed by atoms with E-state index in [-0.39, 0.29) is 18.6 Å². The van der Waals surface area contributed by atoms with E-state index in [0.717, 1.165) is 24.8 Å². The lowest BCUT2D eigenvalue weighted by molar-refractivity contribution is -0.142. The van der Waals surface area contributed by atoms with E-state index in [2.05, 4.69) is 0 Å². The summed E-state index contributed by atoms with van der Waals surface area (Å²) in [6.45, 7) is 3.85. The summed E-state index contributed by atoms with van der Waals surface area (Å²) in [6.07, 6.45) is 2.51. The third-order valence-corrected chi connectivity index (χ3v) is 5.65. The van der Waals surface area contributed by atoms with Gasteiger partial charge in [-0.15, -0.1) is 0 Å². The maximum absolute atomic E-state index is 12.7. The Morgan fingerprint density at radius 1 is 1.29 bits per heavy atom. The predicted octanol–water partition coefficient (Wildman–Crippen LogP) is 2.10. The second kappa shape index (κ2) is 6.58. The second-order valence-electron chi connectivity index (χ2n) is 5.38. The lowest BCUT2D eigenvalue weighted by atomic mass is 10.1. The van der Waals surface area contributed by atoms with Crippen molar-refractivity contribution in [3.63, 3.8) is 0 Å². The van der Waals surface area contributed by atoms with Crippen LogP contribution in [-0.4, -0.2) is 37.9 Å². The molecule has 1 heterocycles. The molecule has 0 bridgehead atoms. The van der Waals surface area contributed by atoms with Gasteiger partial charge in [0.15, 0.2) is 0 Å². The van der Waals surface area contributed by atoms with Gasteiger partial charge in [0, 0.05) is 13.5 Å². The van der Waals surface area contributed by atoms with E-state index in [1.807, 2.05) is 6.92 Å². The van der Waals surface area contributed by atoms with Crippen LogP contribution in [0.25, 0.3) is 0 Å². The Labute approximate surface area is 126 Å². The number of nitrogens with zero attached hydrogens (tertiary/aromatic N) is 1. The van der Waals surface area contributed by atoms with Gasteiger partial charge < -0.3 is 4.74 Å². The van der Waals surface area contributed by atoms with Gasteiger partial charge in [0.25, 0.3) is 0 Å². The first-order valence-corrected chi connectivity index (χ1v) is 8.57. The molecule has 116 valence electrons. The average molecular weight is 311 g/mol. The quantitative estimate of drug-likeness (QED) is 0.799. The van der Waals surface area contributed by atoms with E-state index in [4.69, 9.17) is 4.74 Å². The molecule has 1 fully saturated rings. The number of carbonyl (C=O) groups is 1. The number of hydrogen-bond acceptors (Lipinski definition) is 4. The van der Waals surface area contributed by atoms with Crippen LogP contribution in [0.15, 0.2) is 29.2 Å². The lowest BCUT2D eigenvalue weighted by Crippen LogP contribution is -2.46. The molecule has 0 N–H and O–H groups in total. The van der Waals surface area contributed by atoms with Crippen molar-refractivity contribution in [3.8, 4) is 0 Å². The summed E-state index contributed by atoms with van der Waals surface area (Å²) in [5.74, 6) is -0.381. The minimum Gasteiger partial charge on any atom is -0.464 e. The number of aryl methyl sites for hydroxylation is 1. The van der Waals surface area contributed by atoms with Crippen molar-refractivity contribution >= 4 is 16.0 Å². The van der Waals surface area contributed by atoms with Crippen LogP contribution in [0.3, 0.4) is 0 Å². The highest BCUT2D eigenvalue weighted by molar-refractivity contribution is 7.89. The lowest BCUT2D eigenvalue weighted by Gasteiger charge is -2.34. The van der Waals surface area contributed by atoms with Crippen molar-refractivity contribution in [2.45, 2.75) is 44.0 Å². The van der Waals surface area contributed by atoms with Gasteiger partial charge in [-0.2, -0.15) is 4.31 Å². The maximum atomic E-state index is 12.7. The first kappa shape index (κ1) is 16.0. The SMILES string of the molecule is CC(=O)OC[C@@H]1CCCCN1S(=O)(=O)c1ccc(C)cc1. The van der Waals surface area contributed by atoms with Crippen molar-refractivity contribution < 1.29 is 17.9 Å². The zero-order valence-corrected chi connectivity index (χ0v) is 13.2. The largest absolute Gasteiger partial charge is 0.464 e. The number of benzene rings is 1. The van der Waals surface area contributed by atoms with Crippen LogP contribution in [0, 0.1) is 6.92 Å². The third kappa shape index (κ3) is 3.83. The zero-order chi connectivity index (χ0) is 15.5. The standard InChI is InChI=1S/C15H21NO4S/c1-12-6-8-15(9-7-12)21(18,19)16-10-4-3-5-14(16)11-20-13(2)17/h6-9,14H,3-5,10-11H2,1-2H3/t14-/m0/s1. The molecule has 5 nitrogen and oxygen atoms in total. The van der Waals surface area contributed by atoms with Gasteiger partial charge in [-0.25, -0.2) is 8.42 Å². The van der Waals surface area contributed by atoms with Crippen LogP contribution in [0.4, 0.5) is 0 Å². The van der Waals surface area contributed by atoms with Crippen molar-refractivity contribution in [2.24, 2.45) is 0 Å². The summed E-state index contributed by atoms with van der Waals surface area (Å²) in [5.41, 5.74) is 1.02. The summed E-state index contributed by atoms with van der Waals surface area (Å²) < 4.78 is 32.0. The van der Waals surface area contributed by atoms with E-state index < -0.39 is 10.0 Å². The molecule has 1 saturated heterocycles. The smallest absolute Gasteiger partial charge is 0.302 e. The highest BCUT2D eigenvalue weighted by atomic mass is 32.2. The van der Waals surface area contributed by atoms with Gasteiger partial charge in [0.05, 0.1) is 10.9 Å². The van der Waals surface area contributed by atoms with Crippen molar-refractivity contribution in [2.75, 3.05) is 13.2 Å². The number of ether oxygens (including phenoxy) is 1. The molecule has 1 aliphatic rings. The second-order valence-corrected chi connectivity index (χ2v) is 7.27. The van der Waals surface area contributed by atoms with Gasteiger partial charge in [0.2, 0.25) is 10.0 Å². The number of piperidine rings is 1. The van der Waals surface area contributed by atoms with Crippen molar-refractivity contribution in [3.05, 3.63) is 29.8 Å². The van der Waals surface area contributed by atoms with E-state index in [1.165, 1.54) is 11.2 Å². The summed E-state index contributed by atoms with van der Waals surface area (Å²) in [4.78, 5) is 11.3. The van der Waals surface area contributed by atoms with Crippen molar-refractivity contribution in [1.82, 2.24) is 4.31 Å². The Morgan fingerprint density at radius 2 is 1.95 bits per heavy atom. The topological polar surface area (TPSA) is 63.7 Å². The fourth-order valence-corrected chi connectivity index (χ4v) is 4.20.